The van der Waals surface area contributed by atoms with Crippen molar-refractivity contribution in [1.29, 1.82) is 0 Å². The normalized spacial score (nSPS) is 14.2. The van der Waals surface area contributed by atoms with Gasteiger partial charge in [0.2, 0.25) is 5.91 Å². The summed E-state index contributed by atoms with van der Waals surface area (Å²) in [7, 11) is 0. The lowest BCUT2D eigenvalue weighted by Gasteiger charge is -2.12. The molecule has 3 rings (SSSR count). The SMILES string of the molecule is Cc1ccc(=O)n(CC(=O)Nc2ccc(C(=O)NC3CCCC3)cc2)c1. The van der Waals surface area contributed by atoms with E-state index in [2.05, 4.69) is 10.6 Å². The van der Waals surface area contributed by atoms with Gasteiger partial charge in [-0.15, -0.1) is 0 Å². The molecule has 0 aliphatic heterocycles. The second kappa shape index (κ2) is 7.99. The largest absolute Gasteiger partial charge is 0.349 e. The summed E-state index contributed by atoms with van der Waals surface area (Å²) in [5.41, 5.74) is 1.86. The molecule has 1 aromatic carbocycles. The third kappa shape index (κ3) is 4.59. The number of nitrogens with one attached hydrogen (secondary N) is 2. The molecule has 0 spiro atoms. The highest BCUT2D eigenvalue weighted by molar-refractivity contribution is 5.96. The fourth-order valence-corrected chi connectivity index (χ4v) is 3.17. The number of aromatic nitrogens is 1. The fourth-order valence-electron chi connectivity index (χ4n) is 3.17. The first kappa shape index (κ1) is 17.9. The fraction of sp³-hybridized carbons (Fsp3) is 0.350. The molecule has 136 valence electrons. The van der Waals surface area contributed by atoms with Crippen molar-refractivity contribution in [2.45, 2.75) is 45.2 Å². The summed E-state index contributed by atoms with van der Waals surface area (Å²) in [6.07, 6.45) is 6.06. The van der Waals surface area contributed by atoms with E-state index >= 15 is 0 Å². The van der Waals surface area contributed by atoms with Gasteiger partial charge < -0.3 is 15.2 Å². The minimum Gasteiger partial charge on any atom is -0.349 e. The molecule has 1 aliphatic carbocycles. The van der Waals surface area contributed by atoms with E-state index in [4.69, 9.17) is 0 Å². The van der Waals surface area contributed by atoms with Crippen LogP contribution >= 0.6 is 0 Å². The zero-order valence-corrected chi connectivity index (χ0v) is 14.8. The van der Waals surface area contributed by atoms with E-state index in [1.54, 1.807) is 36.5 Å². The van der Waals surface area contributed by atoms with E-state index in [0.29, 0.717) is 11.3 Å². The number of carbonyl (C=O) groups excluding carboxylic acids is 2. The summed E-state index contributed by atoms with van der Waals surface area (Å²) in [5.74, 6) is -0.373. The van der Waals surface area contributed by atoms with Crippen LogP contribution in [0, 0.1) is 6.92 Å². The number of benzene rings is 1. The average Bonchev–Trinajstić information content (AvgIpc) is 3.11. The number of carbonyl (C=O) groups is 2. The van der Waals surface area contributed by atoms with Crippen LogP contribution in [-0.2, 0) is 11.3 Å². The molecule has 6 nitrogen and oxygen atoms in total. The van der Waals surface area contributed by atoms with Crippen LogP contribution in [0.4, 0.5) is 5.69 Å². The standard InChI is InChI=1S/C20H23N3O3/c1-14-6-11-19(25)23(12-14)13-18(24)21-17-9-7-15(8-10-17)20(26)22-16-4-2-3-5-16/h6-12,16H,2-5,13H2,1H3,(H,21,24)(H,22,26). The Balaban J connectivity index is 1.58. The van der Waals surface area contributed by atoms with Crippen LogP contribution in [0.25, 0.3) is 0 Å². The van der Waals surface area contributed by atoms with E-state index < -0.39 is 0 Å². The molecule has 1 aliphatic rings. The molecule has 1 saturated carbocycles. The molecule has 26 heavy (non-hydrogen) atoms. The number of aryl methyl sites for hydroxylation is 1. The van der Waals surface area contributed by atoms with E-state index in [1.165, 1.54) is 23.5 Å². The van der Waals surface area contributed by atoms with Crippen LogP contribution in [0.5, 0.6) is 0 Å². The third-order valence-electron chi connectivity index (χ3n) is 4.57. The highest BCUT2D eigenvalue weighted by atomic mass is 16.2. The van der Waals surface area contributed by atoms with Gasteiger partial charge in [-0.1, -0.05) is 18.9 Å². The Labute approximate surface area is 152 Å². The summed E-state index contributed by atoms with van der Waals surface area (Å²) < 4.78 is 1.37. The van der Waals surface area contributed by atoms with Gasteiger partial charge in [-0.25, -0.2) is 0 Å². The summed E-state index contributed by atoms with van der Waals surface area (Å²) in [5, 5.41) is 5.78. The molecular weight excluding hydrogens is 330 g/mol. The van der Waals surface area contributed by atoms with Crippen LogP contribution < -0.4 is 16.2 Å². The molecule has 1 fully saturated rings. The lowest BCUT2D eigenvalue weighted by Crippen LogP contribution is -2.32. The number of anilines is 1. The zero-order chi connectivity index (χ0) is 18.5. The van der Waals surface area contributed by atoms with E-state index in [-0.39, 0.29) is 30.0 Å². The predicted octanol–water partition coefficient (Wildman–Crippen LogP) is 2.47. The Kier molecular flexibility index (Phi) is 5.51. The topological polar surface area (TPSA) is 80.2 Å². The lowest BCUT2D eigenvalue weighted by atomic mass is 10.1. The van der Waals surface area contributed by atoms with Crippen LogP contribution in [0.15, 0.2) is 47.4 Å². The second-order valence-electron chi connectivity index (χ2n) is 6.75. The number of amides is 2. The minimum atomic E-state index is -0.291. The van der Waals surface area contributed by atoms with Crippen LogP contribution in [0.1, 0.15) is 41.6 Å². The number of pyridine rings is 1. The monoisotopic (exact) mass is 353 g/mol. The first-order valence-electron chi connectivity index (χ1n) is 8.89. The maximum Gasteiger partial charge on any atom is 0.251 e. The van der Waals surface area contributed by atoms with Crippen molar-refractivity contribution >= 4 is 17.5 Å². The van der Waals surface area contributed by atoms with Gasteiger partial charge in [0, 0.05) is 29.6 Å². The Hall–Kier alpha value is -2.89. The molecule has 0 bridgehead atoms. The molecular formula is C20H23N3O3. The average molecular weight is 353 g/mol. The number of nitrogens with zero attached hydrogens (tertiary/aromatic N) is 1. The highest BCUT2D eigenvalue weighted by Crippen LogP contribution is 2.18. The highest BCUT2D eigenvalue weighted by Gasteiger charge is 2.17. The van der Waals surface area contributed by atoms with Gasteiger partial charge in [0.15, 0.2) is 0 Å². The van der Waals surface area contributed by atoms with Crippen molar-refractivity contribution < 1.29 is 9.59 Å². The summed E-state index contributed by atoms with van der Waals surface area (Å²) in [6.45, 7) is 1.81. The van der Waals surface area contributed by atoms with Gasteiger partial charge in [0.25, 0.3) is 11.5 Å². The van der Waals surface area contributed by atoms with Crippen LogP contribution in [0.2, 0.25) is 0 Å². The molecule has 2 aromatic rings. The Morgan fingerprint density at radius 2 is 1.77 bits per heavy atom. The van der Waals surface area contributed by atoms with Gasteiger partial charge in [-0.2, -0.15) is 0 Å². The van der Waals surface area contributed by atoms with Gasteiger partial charge in [-0.3, -0.25) is 14.4 Å². The zero-order valence-electron chi connectivity index (χ0n) is 14.8. The van der Waals surface area contributed by atoms with Crippen LogP contribution in [-0.4, -0.2) is 22.4 Å². The molecule has 0 radical (unpaired) electrons. The van der Waals surface area contributed by atoms with E-state index in [0.717, 1.165) is 18.4 Å². The lowest BCUT2D eigenvalue weighted by molar-refractivity contribution is -0.116. The molecule has 2 N–H and O–H groups in total. The van der Waals surface area contributed by atoms with Crippen molar-refractivity contribution in [1.82, 2.24) is 9.88 Å². The molecule has 0 atom stereocenters. The summed E-state index contributed by atoms with van der Waals surface area (Å²) in [4.78, 5) is 36.1. The second-order valence-corrected chi connectivity index (χ2v) is 6.75. The number of rotatable bonds is 5. The van der Waals surface area contributed by atoms with E-state index in [1.807, 2.05) is 6.92 Å². The Morgan fingerprint density at radius 1 is 1.08 bits per heavy atom. The van der Waals surface area contributed by atoms with Gasteiger partial charge >= 0.3 is 0 Å². The van der Waals surface area contributed by atoms with Crippen LogP contribution in [0.3, 0.4) is 0 Å². The molecule has 1 heterocycles. The van der Waals surface area contributed by atoms with Crippen molar-refractivity contribution in [2.75, 3.05) is 5.32 Å². The first-order valence-corrected chi connectivity index (χ1v) is 8.89. The maximum absolute atomic E-state index is 12.2. The summed E-state index contributed by atoms with van der Waals surface area (Å²) >= 11 is 0. The first-order chi connectivity index (χ1) is 12.5. The van der Waals surface area contributed by atoms with Gasteiger partial charge in [-0.05, 0) is 49.6 Å². The number of hydrogen-bond donors (Lipinski definition) is 2. The van der Waals surface area contributed by atoms with Crippen molar-refractivity contribution in [3.05, 3.63) is 64.1 Å². The van der Waals surface area contributed by atoms with Crippen molar-refractivity contribution in [2.24, 2.45) is 0 Å². The van der Waals surface area contributed by atoms with E-state index in [9.17, 15) is 14.4 Å². The molecule has 6 heteroatoms. The van der Waals surface area contributed by atoms with Gasteiger partial charge in [0.05, 0.1) is 0 Å². The van der Waals surface area contributed by atoms with Gasteiger partial charge in [0.1, 0.15) is 6.54 Å². The third-order valence-corrected chi connectivity index (χ3v) is 4.57. The Bertz CT molecular complexity index is 849. The van der Waals surface area contributed by atoms with Crippen molar-refractivity contribution in [3.8, 4) is 0 Å². The number of hydrogen-bond acceptors (Lipinski definition) is 3. The van der Waals surface area contributed by atoms with Crippen molar-refractivity contribution in [3.63, 3.8) is 0 Å². The minimum absolute atomic E-state index is 0.0512. The smallest absolute Gasteiger partial charge is 0.251 e. The molecule has 1 aromatic heterocycles. The summed E-state index contributed by atoms with van der Waals surface area (Å²) in [6, 6.07) is 10.2. The molecule has 0 saturated heterocycles. The maximum atomic E-state index is 12.2. The quantitative estimate of drug-likeness (QED) is 0.866. The Morgan fingerprint density at radius 3 is 2.46 bits per heavy atom. The predicted molar refractivity (Wildman–Crippen MR) is 100 cm³/mol. The molecule has 2 amide bonds. The molecule has 0 unspecified atom stereocenters.